The predicted molar refractivity (Wildman–Crippen MR) is 76.8 cm³/mol. The van der Waals surface area contributed by atoms with E-state index in [0.29, 0.717) is 5.69 Å². The SMILES string of the molecule is Nc1nc(=O)n(-c2ccc3ccccc3c2)cc1Cl. The Morgan fingerprint density at radius 1 is 1.11 bits per heavy atom. The van der Waals surface area contributed by atoms with Gasteiger partial charge >= 0.3 is 5.69 Å². The van der Waals surface area contributed by atoms with E-state index < -0.39 is 5.69 Å². The standard InChI is InChI=1S/C14H10ClN3O/c15-12-8-18(14(19)17-13(12)16)11-6-5-9-3-1-2-4-10(9)7-11/h1-8H,(H2,16,17,19). The van der Waals surface area contributed by atoms with Gasteiger partial charge in [-0.25, -0.2) is 4.79 Å². The summed E-state index contributed by atoms with van der Waals surface area (Å²) < 4.78 is 1.38. The number of nitrogens with zero attached hydrogens (tertiary/aromatic N) is 2. The molecule has 3 aromatic rings. The van der Waals surface area contributed by atoms with Crippen molar-refractivity contribution >= 4 is 28.2 Å². The van der Waals surface area contributed by atoms with Gasteiger partial charge in [-0.15, -0.1) is 0 Å². The zero-order valence-electron chi connectivity index (χ0n) is 9.88. The average Bonchev–Trinajstić information content (AvgIpc) is 2.42. The molecule has 4 nitrogen and oxygen atoms in total. The van der Waals surface area contributed by atoms with Crippen LogP contribution in [0.1, 0.15) is 0 Å². The Hall–Kier alpha value is -2.33. The smallest absolute Gasteiger partial charge is 0.354 e. The molecule has 19 heavy (non-hydrogen) atoms. The Kier molecular flexibility index (Phi) is 2.72. The molecule has 94 valence electrons. The second-order valence-electron chi connectivity index (χ2n) is 4.16. The maximum Gasteiger partial charge on any atom is 0.354 e. The summed E-state index contributed by atoms with van der Waals surface area (Å²) in [7, 11) is 0. The molecule has 1 aromatic heterocycles. The molecule has 0 spiro atoms. The van der Waals surface area contributed by atoms with Crippen LogP contribution in [0.15, 0.2) is 53.5 Å². The number of nitrogen functional groups attached to an aromatic ring is 1. The number of hydrogen-bond donors (Lipinski definition) is 1. The molecule has 2 N–H and O–H groups in total. The molecule has 0 aliphatic heterocycles. The van der Waals surface area contributed by atoms with Crippen LogP contribution in [0.4, 0.5) is 5.82 Å². The zero-order valence-corrected chi connectivity index (χ0v) is 10.6. The summed E-state index contributed by atoms with van der Waals surface area (Å²) in [5.74, 6) is 0.0451. The molecule has 0 saturated heterocycles. The lowest BCUT2D eigenvalue weighted by Crippen LogP contribution is -2.22. The van der Waals surface area contributed by atoms with Crippen molar-refractivity contribution in [1.82, 2.24) is 9.55 Å². The molecule has 0 fully saturated rings. The van der Waals surface area contributed by atoms with Gasteiger partial charge in [0.2, 0.25) is 0 Å². The maximum absolute atomic E-state index is 11.8. The Labute approximate surface area is 114 Å². The quantitative estimate of drug-likeness (QED) is 0.740. The third kappa shape index (κ3) is 2.06. The Bertz CT molecular complexity index is 826. The van der Waals surface area contributed by atoms with E-state index in [-0.39, 0.29) is 10.8 Å². The number of hydrogen-bond acceptors (Lipinski definition) is 3. The summed E-state index contributed by atoms with van der Waals surface area (Å²) in [5.41, 5.74) is 5.76. The van der Waals surface area contributed by atoms with E-state index >= 15 is 0 Å². The van der Waals surface area contributed by atoms with Gasteiger partial charge in [-0.3, -0.25) is 4.57 Å². The van der Waals surface area contributed by atoms with Crippen molar-refractivity contribution < 1.29 is 0 Å². The van der Waals surface area contributed by atoms with Crippen LogP contribution in [0.25, 0.3) is 16.5 Å². The molecule has 3 rings (SSSR count). The van der Waals surface area contributed by atoms with Gasteiger partial charge in [0, 0.05) is 6.20 Å². The van der Waals surface area contributed by atoms with E-state index in [1.165, 1.54) is 10.8 Å². The fourth-order valence-electron chi connectivity index (χ4n) is 1.96. The lowest BCUT2D eigenvalue weighted by molar-refractivity contribution is 0.921. The molecule has 0 aliphatic carbocycles. The van der Waals surface area contributed by atoms with Crippen molar-refractivity contribution in [3.63, 3.8) is 0 Å². The van der Waals surface area contributed by atoms with Gasteiger partial charge in [0.15, 0.2) is 0 Å². The van der Waals surface area contributed by atoms with Crippen molar-refractivity contribution in [3.05, 3.63) is 64.2 Å². The van der Waals surface area contributed by atoms with E-state index in [9.17, 15) is 4.79 Å². The van der Waals surface area contributed by atoms with Crippen LogP contribution in [0.5, 0.6) is 0 Å². The topological polar surface area (TPSA) is 60.9 Å². The third-order valence-electron chi connectivity index (χ3n) is 2.92. The summed E-state index contributed by atoms with van der Waals surface area (Å²) in [5, 5.41) is 2.40. The number of benzene rings is 2. The van der Waals surface area contributed by atoms with Crippen LogP contribution in [-0.2, 0) is 0 Å². The number of anilines is 1. The second-order valence-corrected chi connectivity index (χ2v) is 4.57. The fraction of sp³-hybridized carbons (Fsp3) is 0. The number of aromatic nitrogens is 2. The molecule has 1 heterocycles. The lowest BCUT2D eigenvalue weighted by atomic mass is 10.1. The molecule has 0 aliphatic rings. The van der Waals surface area contributed by atoms with E-state index in [1.807, 2.05) is 42.5 Å². The fourth-order valence-corrected chi connectivity index (χ4v) is 2.10. The number of nitrogens with two attached hydrogens (primary N) is 1. The van der Waals surface area contributed by atoms with Gasteiger partial charge in [-0.05, 0) is 22.9 Å². The molecular formula is C14H10ClN3O. The number of rotatable bonds is 1. The van der Waals surface area contributed by atoms with Gasteiger partial charge in [0.25, 0.3) is 0 Å². The van der Waals surface area contributed by atoms with Crippen LogP contribution in [0, 0.1) is 0 Å². The minimum absolute atomic E-state index is 0.0451. The van der Waals surface area contributed by atoms with Crippen molar-refractivity contribution in [1.29, 1.82) is 0 Å². The minimum atomic E-state index is -0.447. The summed E-state index contributed by atoms with van der Waals surface area (Å²) in [6.45, 7) is 0. The normalized spacial score (nSPS) is 10.8. The predicted octanol–water partition coefficient (Wildman–Crippen LogP) is 2.62. The number of fused-ring (bicyclic) bond motifs is 1. The maximum atomic E-state index is 11.8. The molecular weight excluding hydrogens is 262 g/mol. The van der Waals surface area contributed by atoms with E-state index in [4.69, 9.17) is 17.3 Å². The van der Waals surface area contributed by atoms with Crippen LogP contribution in [-0.4, -0.2) is 9.55 Å². The highest BCUT2D eigenvalue weighted by atomic mass is 35.5. The molecule has 0 amide bonds. The van der Waals surface area contributed by atoms with Crippen molar-refractivity contribution in [2.45, 2.75) is 0 Å². The van der Waals surface area contributed by atoms with E-state index in [1.54, 1.807) is 0 Å². The monoisotopic (exact) mass is 271 g/mol. The summed E-state index contributed by atoms with van der Waals surface area (Å²) >= 11 is 5.91. The summed E-state index contributed by atoms with van der Waals surface area (Å²) in [6.07, 6.45) is 1.48. The molecule has 0 unspecified atom stereocenters. The average molecular weight is 272 g/mol. The highest BCUT2D eigenvalue weighted by Crippen LogP contribution is 2.19. The van der Waals surface area contributed by atoms with Gasteiger partial charge in [-0.2, -0.15) is 4.98 Å². The van der Waals surface area contributed by atoms with Crippen molar-refractivity contribution in [2.75, 3.05) is 5.73 Å². The van der Waals surface area contributed by atoms with E-state index in [0.717, 1.165) is 10.8 Å². The van der Waals surface area contributed by atoms with Crippen LogP contribution in [0.3, 0.4) is 0 Å². The first kappa shape index (κ1) is 11.7. The first-order valence-corrected chi connectivity index (χ1v) is 6.07. The third-order valence-corrected chi connectivity index (χ3v) is 3.21. The molecule has 0 bridgehead atoms. The Morgan fingerprint density at radius 2 is 1.84 bits per heavy atom. The molecule has 0 radical (unpaired) electrons. The van der Waals surface area contributed by atoms with Crippen LogP contribution < -0.4 is 11.4 Å². The summed E-state index contributed by atoms with van der Waals surface area (Å²) in [6, 6.07) is 13.6. The van der Waals surface area contributed by atoms with Gasteiger partial charge < -0.3 is 5.73 Å². The van der Waals surface area contributed by atoms with Gasteiger partial charge in [-0.1, -0.05) is 41.9 Å². The largest absolute Gasteiger partial charge is 0.382 e. The van der Waals surface area contributed by atoms with Crippen molar-refractivity contribution in [3.8, 4) is 5.69 Å². The Balaban J connectivity index is 2.24. The van der Waals surface area contributed by atoms with Crippen LogP contribution >= 0.6 is 11.6 Å². The first-order chi connectivity index (χ1) is 9.15. The minimum Gasteiger partial charge on any atom is -0.382 e. The summed E-state index contributed by atoms with van der Waals surface area (Å²) in [4.78, 5) is 15.5. The molecule has 5 heteroatoms. The highest BCUT2D eigenvalue weighted by molar-refractivity contribution is 6.32. The first-order valence-electron chi connectivity index (χ1n) is 5.69. The van der Waals surface area contributed by atoms with Gasteiger partial charge in [0.05, 0.1) is 10.7 Å². The molecule has 0 atom stereocenters. The number of halogens is 1. The highest BCUT2D eigenvalue weighted by Gasteiger charge is 2.06. The zero-order chi connectivity index (χ0) is 13.4. The van der Waals surface area contributed by atoms with E-state index in [2.05, 4.69) is 4.98 Å². The molecule has 2 aromatic carbocycles. The van der Waals surface area contributed by atoms with Gasteiger partial charge in [0.1, 0.15) is 5.82 Å². The molecule has 0 saturated carbocycles. The van der Waals surface area contributed by atoms with Crippen molar-refractivity contribution in [2.24, 2.45) is 0 Å². The lowest BCUT2D eigenvalue weighted by Gasteiger charge is -2.07. The second kappa shape index (κ2) is 4.40. The van der Waals surface area contributed by atoms with Crippen LogP contribution in [0.2, 0.25) is 5.02 Å². The Morgan fingerprint density at radius 3 is 2.63 bits per heavy atom.